The van der Waals surface area contributed by atoms with Crippen molar-refractivity contribution in [2.45, 2.75) is 10.6 Å². The molecular weight excluding hydrogens is 230 g/mol. The van der Waals surface area contributed by atoms with Crippen LogP contribution in [-0.4, -0.2) is 14.8 Å². The first-order valence-electron chi connectivity index (χ1n) is 4.46. The second-order valence-electron chi connectivity index (χ2n) is 3.09. The van der Waals surface area contributed by atoms with E-state index < -0.39 is 0 Å². The average Bonchev–Trinajstić information content (AvgIpc) is 2.63. The van der Waals surface area contributed by atoms with E-state index in [0.29, 0.717) is 5.15 Å². The third kappa shape index (κ3) is 2.73. The van der Waals surface area contributed by atoms with Crippen LogP contribution in [0.2, 0.25) is 5.15 Å². The Kier molecular flexibility index (Phi) is 3.28. The van der Waals surface area contributed by atoms with Crippen LogP contribution in [0.5, 0.6) is 0 Å². The maximum atomic E-state index is 5.95. The van der Waals surface area contributed by atoms with Gasteiger partial charge in [0.2, 0.25) is 0 Å². The Bertz CT molecular complexity index is 455. The quantitative estimate of drug-likeness (QED) is 0.610. The lowest BCUT2D eigenvalue weighted by Gasteiger charge is -2.00. The maximum Gasteiger partial charge on any atom is 0.133 e. The van der Waals surface area contributed by atoms with Gasteiger partial charge in [0.15, 0.2) is 0 Å². The summed E-state index contributed by atoms with van der Waals surface area (Å²) in [7, 11) is 1.90. The number of hydrogen-bond donors (Lipinski definition) is 0. The molecule has 78 valence electrons. The summed E-state index contributed by atoms with van der Waals surface area (Å²) in [5, 5.41) is 4.68. The second kappa shape index (κ2) is 4.68. The Morgan fingerprint density at radius 2 is 2.40 bits per heavy atom. The Morgan fingerprint density at radius 1 is 1.53 bits per heavy atom. The van der Waals surface area contributed by atoms with E-state index in [2.05, 4.69) is 10.1 Å². The van der Waals surface area contributed by atoms with Crippen LogP contribution in [0.3, 0.4) is 0 Å². The molecule has 2 heterocycles. The molecule has 0 aliphatic heterocycles. The van der Waals surface area contributed by atoms with Crippen molar-refractivity contribution in [3.8, 4) is 0 Å². The second-order valence-corrected chi connectivity index (χ2v) is 4.50. The van der Waals surface area contributed by atoms with Crippen LogP contribution in [0.25, 0.3) is 0 Å². The summed E-state index contributed by atoms with van der Waals surface area (Å²) in [4.78, 5) is 5.16. The van der Waals surface area contributed by atoms with E-state index in [1.54, 1.807) is 22.6 Å². The predicted octanol–water partition coefficient (Wildman–Crippen LogP) is 2.76. The topological polar surface area (TPSA) is 30.7 Å². The molecule has 2 aromatic rings. The summed E-state index contributed by atoms with van der Waals surface area (Å²) in [5.41, 5.74) is 1.05. The Balaban J connectivity index is 2.02. The van der Waals surface area contributed by atoms with Gasteiger partial charge in [-0.2, -0.15) is 5.10 Å². The summed E-state index contributed by atoms with van der Waals surface area (Å²) in [5.74, 6) is 0.818. The molecule has 0 bridgehead atoms. The van der Waals surface area contributed by atoms with Crippen LogP contribution in [-0.2, 0) is 12.8 Å². The molecule has 0 N–H and O–H groups in total. The maximum absolute atomic E-state index is 5.95. The molecule has 0 unspecified atom stereocenters. The van der Waals surface area contributed by atoms with Crippen molar-refractivity contribution in [1.29, 1.82) is 0 Å². The zero-order chi connectivity index (χ0) is 10.7. The number of rotatable bonds is 3. The largest absolute Gasteiger partial charge is 0.275 e. The highest BCUT2D eigenvalue weighted by Gasteiger charge is 2.02. The smallest absolute Gasteiger partial charge is 0.133 e. The molecule has 0 amide bonds. The van der Waals surface area contributed by atoms with E-state index in [9.17, 15) is 0 Å². The minimum Gasteiger partial charge on any atom is -0.275 e. The van der Waals surface area contributed by atoms with Gasteiger partial charge in [-0.05, 0) is 11.6 Å². The molecule has 0 fully saturated rings. The Labute approximate surface area is 97.5 Å². The summed E-state index contributed by atoms with van der Waals surface area (Å²) in [6.07, 6.45) is 5.52. The van der Waals surface area contributed by atoms with Crippen LogP contribution in [0.15, 0.2) is 35.6 Å². The molecular formula is C10H10ClN3S. The highest BCUT2D eigenvalue weighted by atomic mass is 35.5. The fourth-order valence-electron chi connectivity index (χ4n) is 1.16. The molecule has 0 saturated carbocycles. The number of hydrogen-bond acceptors (Lipinski definition) is 3. The molecule has 0 aromatic carbocycles. The minimum absolute atomic E-state index is 0.578. The monoisotopic (exact) mass is 239 g/mol. The van der Waals surface area contributed by atoms with Crippen LogP contribution in [0.1, 0.15) is 5.56 Å². The lowest BCUT2D eigenvalue weighted by atomic mass is 10.3. The number of aryl methyl sites for hydroxylation is 1. The average molecular weight is 240 g/mol. The van der Waals surface area contributed by atoms with Gasteiger partial charge in [0.05, 0.1) is 6.20 Å². The summed E-state index contributed by atoms with van der Waals surface area (Å²) in [6.45, 7) is 0. The zero-order valence-corrected chi connectivity index (χ0v) is 9.79. The third-order valence-corrected chi connectivity index (χ3v) is 3.25. The fraction of sp³-hybridized carbons (Fsp3) is 0.200. The van der Waals surface area contributed by atoms with Crippen molar-refractivity contribution in [2.24, 2.45) is 7.05 Å². The van der Waals surface area contributed by atoms with Gasteiger partial charge in [-0.25, -0.2) is 4.98 Å². The van der Waals surface area contributed by atoms with Gasteiger partial charge in [0, 0.05) is 30.1 Å². The Hall–Kier alpha value is -1.00. The predicted molar refractivity (Wildman–Crippen MR) is 62.0 cm³/mol. The number of pyridine rings is 1. The van der Waals surface area contributed by atoms with Gasteiger partial charge >= 0.3 is 0 Å². The van der Waals surface area contributed by atoms with E-state index >= 15 is 0 Å². The van der Waals surface area contributed by atoms with Gasteiger partial charge < -0.3 is 0 Å². The van der Waals surface area contributed by atoms with Gasteiger partial charge in [-0.3, -0.25) is 4.68 Å². The van der Waals surface area contributed by atoms with E-state index in [1.807, 2.05) is 31.6 Å². The molecule has 0 spiro atoms. The van der Waals surface area contributed by atoms with E-state index in [-0.39, 0.29) is 0 Å². The van der Waals surface area contributed by atoms with Crippen molar-refractivity contribution in [2.75, 3.05) is 0 Å². The lowest BCUT2D eigenvalue weighted by molar-refractivity contribution is 0.766. The zero-order valence-electron chi connectivity index (χ0n) is 8.22. The molecule has 2 aromatic heterocycles. The van der Waals surface area contributed by atoms with Crippen molar-refractivity contribution in [3.63, 3.8) is 0 Å². The highest BCUT2D eigenvalue weighted by molar-refractivity contribution is 7.98. The van der Waals surface area contributed by atoms with Gasteiger partial charge in [0.1, 0.15) is 5.15 Å². The van der Waals surface area contributed by atoms with E-state index in [0.717, 1.165) is 16.2 Å². The van der Waals surface area contributed by atoms with Gasteiger partial charge in [-0.15, -0.1) is 11.8 Å². The van der Waals surface area contributed by atoms with Crippen molar-refractivity contribution >= 4 is 23.4 Å². The molecule has 5 heteroatoms. The minimum atomic E-state index is 0.578. The van der Waals surface area contributed by atoms with E-state index in [1.165, 1.54) is 0 Å². The highest BCUT2D eigenvalue weighted by Crippen LogP contribution is 2.24. The number of halogens is 1. The SMILES string of the molecule is Cn1cc(SCc2cccnc2Cl)cn1. The molecule has 2 rings (SSSR count). The standard InChI is InChI=1S/C10H10ClN3S/c1-14-6-9(5-13-14)15-7-8-3-2-4-12-10(8)11/h2-6H,7H2,1H3. The summed E-state index contributed by atoms with van der Waals surface area (Å²) >= 11 is 7.65. The number of thioether (sulfide) groups is 1. The fourth-order valence-corrected chi connectivity index (χ4v) is 2.33. The summed E-state index contributed by atoms with van der Waals surface area (Å²) in [6, 6.07) is 3.88. The molecule has 0 atom stereocenters. The number of nitrogens with zero attached hydrogens (tertiary/aromatic N) is 3. The summed E-state index contributed by atoms with van der Waals surface area (Å²) < 4.78 is 1.78. The van der Waals surface area contributed by atoms with Crippen molar-refractivity contribution in [1.82, 2.24) is 14.8 Å². The van der Waals surface area contributed by atoms with Crippen molar-refractivity contribution < 1.29 is 0 Å². The molecule has 0 radical (unpaired) electrons. The normalized spacial score (nSPS) is 10.5. The van der Waals surface area contributed by atoms with Crippen LogP contribution < -0.4 is 0 Å². The lowest BCUT2D eigenvalue weighted by Crippen LogP contribution is -1.85. The van der Waals surface area contributed by atoms with Crippen LogP contribution in [0, 0.1) is 0 Å². The molecule has 0 aliphatic rings. The molecule has 0 saturated heterocycles. The van der Waals surface area contributed by atoms with Crippen LogP contribution in [0.4, 0.5) is 0 Å². The molecule has 3 nitrogen and oxygen atoms in total. The first kappa shape index (κ1) is 10.5. The Morgan fingerprint density at radius 3 is 3.07 bits per heavy atom. The van der Waals surface area contributed by atoms with Crippen molar-refractivity contribution in [3.05, 3.63) is 41.4 Å². The first-order chi connectivity index (χ1) is 7.25. The molecule has 0 aliphatic carbocycles. The van der Waals surface area contributed by atoms with E-state index in [4.69, 9.17) is 11.6 Å². The van der Waals surface area contributed by atoms with Crippen LogP contribution >= 0.6 is 23.4 Å². The van der Waals surface area contributed by atoms with Gasteiger partial charge in [-0.1, -0.05) is 17.7 Å². The first-order valence-corrected chi connectivity index (χ1v) is 5.83. The molecule has 15 heavy (non-hydrogen) atoms. The number of aromatic nitrogens is 3. The third-order valence-electron chi connectivity index (χ3n) is 1.91. The van der Waals surface area contributed by atoms with Gasteiger partial charge in [0.25, 0.3) is 0 Å².